The second-order valence-corrected chi connectivity index (χ2v) is 8.54. The van der Waals surface area contributed by atoms with Crippen LogP contribution in [0.5, 0.6) is 5.75 Å². The number of anilines is 1. The maximum Gasteiger partial charge on any atom is 0.265 e. The summed E-state index contributed by atoms with van der Waals surface area (Å²) in [6.07, 6.45) is 0.357. The molecule has 0 saturated carbocycles. The Morgan fingerprint density at radius 1 is 1.04 bits per heavy atom. The molecule has 1 N–H and O–H groups in total. The maximum absolute atomic E-state index is 14.4. The smallest absolute Gasteiger partial charge is 0.265 e. The molecular formula is C20H18F2N2O3S. The van der Waals surface area contributed by atoms with Crippen molar-refractivity contribution < 1.29 is 22.3 Å². The molecule has 0 aliphatic carbocycles. The third kappa shape index (κ3) is 2.59. The highest BCUT2D eigenvalue weighted by molar-refractivity contribution is 7.92. The number of hydrogen-bond donors (Lipinski definition) is 1. The fourth-order valence-corrected chi connectivity index (χ4v) is 5.46. The van der Waals surface area contributed by atoms with Crippen LogP contribution >= 0.6 is 0 Å². The molecule has 0 fully saturated rings. The lowest BCUT2D eigenvalue weighted by Crippen LogP contribution is -2.39. The van der Waals surface area contributed by atoms with Gasteiger partial charge in [0.25, 0.3) is 10.0 Å². The molecule has 1 aliphatic heterocycles. The van der Waals surface area contributed by atoms with E-state index in [9.17, 15) is 22.3 Å². The first-order chi connectivity index (χ1) is 13.3. The van der Waals surface area contributed by atoms with Crippen molar-refractivity contribution in [2.24, 2.45) is 0 Å². The van der Waals surface area contributed by atoms with Gasteiger partial charge < -0.3 is 5.11 Å². The molecule has 4 rings (SSSR count). The number of sulfonamides is 1. The molecule has 1 aromatic heterocycles. The van der Waals surface area contributed by atoms with Crippen LogP contribution in [0.2, 0.25) is 0 Å². The molecule has 2 aromatic carbocycles. The molecule has 146 valence electrons. The van der Waals surface area contributed by atoms with Crippen LogP contribution in [-0.2, 0) is 10.0 Å². The van der Waals surface area contributed by atoms with E-state index in [0.717, 1.165) is 10.4 Å². The number of fused-ring (bicyclic) bond motifs is 3. The highest BCUT2D eigenvalue weighted by atomic mass is 32.2. The molecule has 3 aromatic rings. The van der Waals surface area contributed by atoms with Crippen LogP contribution in [0.25, 0.3) is 5.69 Å². The minimum atomic E-state index is -4.11. The lowest BCUT2D eigenvalue weighted by molar-refractivity contribution is 0.470. The van der Waals surface area contributed by atoms with Crippen molar-refractivity contribution >= 4 is 15.7 Å². The number of halogens is 2. The fraction of sp³-hybridized carbons (Fsp3) is 0.200. The zero-order chi connectivity index (χ0) is 20.2. The van der Waals surface area contributed by atoms with E-state index >= 15 is 0 Å². The Hall–Kier alpha value is -2.87. The van der Waals surface area contributed by atoms with Gasteiger partial charge in [0, 0.05) is 11.8 Å². The van der Waals surface area contributed by atoms with Gasteiger partial charge in [0.05, 0.1) is 22.3 Å². The van der Waals surface area contributed by atoms with Crippen LogP contribution in [0.1, 0.15) is 30.6 Å². The van der Waals surface area contributed by atoms with E-state index in [0.29, 0.717) is 17.7 Å². The first kappa shape index (κ1) is 18.5. The third-order valence-corrected chi connectivity index (χ3v) is 6.83. The Morgan fingerprint density at radius 2 is 1.79 bits per heavy atom. The summed E-state index contributed by atoms with van der Waals surface area (Å²) in [5, 5.41) is 9.74. The van der Waals surface area contributed by atoms with Crippen molar-refractivity contribution in [2.75, 3.05) is 4.31 Å². The van der Waals surface area contributed by atoms with Crippen LogP contribution in [0.15, 0.2) is 53.4 Å². The number of aromatic nitrogens is 1. The second-order valence-electron chi connectivity index (χ2n) is 6.72. The topological polar surface area (TPSA) is 62.5 Å². The molecule has 1 atom stereocenters. The minimum Gasteiger partial charge on any atom is -0.508 e. The van der Waals surface area contributed by atoms with E-state index in [1.54, 1.807) is 19.9 Å². The van der Waals surface area contributed by atoms with Gasteiger partial charge >= 0.3 is 0 Å². The molecule has 28 heavy (non-hydrogen) atoms. The van der Waals surface area contributed by atoms with Gasteiger partial charge in [-0.25, -0.2) is 12.8 Å². The third-order valence-electron chi connectivity index (χ3n) is 5.02. The molecule has 0 saturated heterocycles. The van der Waals surface area contributed by atoms with E-state index in [1.165, 1.54) is 41.0 Å². The predicted molar refractivity (Wildman–Crippen MR) is 101 cm³/mol. The number of benzene rings is 2. The first-order valence-electron chi connectivity index (χ1n) is 8.77. The molecule has 5 nitrogen and oxygen atoms in total. The monoisotopic (exact) mass is 404 g/mol. The summed E-state index contributed by atoms with van der Waals surface area (Å²) in [4.78, 5) is -0.0306. The lowest BCUT2D eigenvalue weighted by Gasteiger charge is -2.38. The van der Waals surface area contributed by atoms with Crippen molar-refractivity contribution in [3.05, 3.63) is 71.6 Å². The van der Waals surface area contributed by atoms with Gasteiger partial charge in [-0.05, 0) is 61.4 Å². The average molecular weight is 404 g/mol. The number of nitrogens with zero attached hydrogens (tertiary/aromatic N) is 2. The summed E-state index contributed by atoms with van der Waals surface area (Å²) in [6.45, 7) is 3.38. The number of phenols is 1. The largest absolute Gasteiger partial charge is 0.508 e. The zero-order valence-electron chi connectivity index (χ0n) is 15.2. The van der Waals surface area contributed by atoms with E-state index in [4.69, 9.17) is 0 Å². The van der Waals surface area contributed by atoms with E-state index in [1.807, 2.05) is 0 Å². The van der Waals surface area contributed by atoms with E-state index in [2.05, 4.69) is 0 Å². The zero-order valence-corrected chi connectivity index (χ0v) is 16.0. The molecule has 0 amide bonds. The summed E-state index contributed by atoms with van der Waals surface area (Å²) in [6, 6.07) is 9.72. The normalized spacial score (nSPS) is 16.0. The van der Waals surface area contributed by atoms with Crippen LogP contribution in [-0.4, -0.2) is 18.1 Å². The van der Waals surface area contributed by atoms with Crippen molar-refractivity contribution in [1.29, 1.82) is 0 Å². The SMILES string of the molecule is CCC1c2ccc(F)n2-c2ccc(F)cc2N1S(=O)(=O)c1ccc(O)c(C)c1. The molecule has 1 unspecified atom stereocenters. The Balaban J connectivity index is 2.00. The van der Waals surface area contributed by atoms with Crippen molar-refractivity contribution in [3.63, 3.8) is 0 Å². The van der Waals surface area contributed by atoms with Gasteiger partial charge in [-0.3, -0.25) is 8.87 Å². The van der Waals surface area contributed by atoms with Crippen LogP contribution < -0.4 is 4.31 Å². The minimum absolute atomic E-state index is 0.0213. The van der Waals surface area contributed by atoms with Crippen LogP contribution in [0, 0.1) is 18.7 Å². The molecule has 0 radical (unpaired) electrons. The van der Waals surface area contributed by atoms with Gasteiger partial charge in [-0.15, -0.1) is 0 Å². The fourth-order valence-electron chi connectivity index (χ4n) is 3.66. The Bertz CT molecular complexity index is 1190. The summed E-state index contributed by atoms with van der Waals surface area (Å²) in [5.41, 5.74) is 1.20. The number of rotatable bonds is 3. The Labute approximate surface area is 161 Å². The van der Waals surface area contributed by atoms with Crippen molar-refractivity contribution in [3.8, 4) is 11.4 Å². The number of aromatic hydroxyl groups is 1. The predicted octanol–water partition coefficient (Wildman–Crippen LogP) is 4.43. The standard InChI is InChI=1S/C20H18F2N2O3S/c1-3-15-16-7-9-20(22)23(16)17-6-4-13(21)11-18(17)24(15)28(26,27)14-5-8-19(25)12(2)10-14/h4-11,15,25H,3H2,1-2H3. The van der Waals surface area contributed by atoms with Gasteiger partial charge in [0.15, 0.2) is 5.95 Å². The number of aryl methyl sites for hydroxylation is 1. The highest BCUT2D eigenvalue weighted by Crippen LogP contribution is 2.44. The molecule has 0 spiro atoms. The number of hydrogen-bond acceptors (Lipinski definition) is 3. The Morgan fingerprint density at radius 3 is 2.46 bits per heavy atom. The quantitative estimate of drug-likeness (QED) is 0.703. The molecule has 1 aliphatic rings. The van der Waals surface area contributed by atoms with Crippen molar-refractivity contribution in [1.82, 2.24) is 4.57 Å². The van der Waals surface area contributed by atoms with Gasteiger partial charge in [0.2, 0.25) is 0 Å². The average Bonchev–Trinajstić information content (AvgIpc) is 3.04. The summed E-state index contributed by atoms with van der Waals surface area (Å²) in [7, 11) is -4.11. The highest BCUT2D eigenvalue weighted by Gasteiger charge is 2.39. The summed E-state index contributed by atoms with van der Waals surface area (Å²) < 4.78 is 58.0. The molecular weight excluding hydrogens is 386 g/mol. The van der Waals surface area contributed by atoms with Gasteiger partial charge in [-0.1, -0.05) is 6.92 Å². The summed E-state index contributed by atoms with van der Waals surface area (Å²) >= 11 is 0. The Kier molecular flexibility index (Phi) is 4.19. The van der Waals surface area contributed by atoms with Gasteiger partial charge in [-0.2, -0.15) is 4.39 Å². The first-order valence-corrected chi connectivity index (χ1v) is 10.2. The van der Waals surface area contributed by atoms with Crippen molar-refractivity contribution in [2.45, 2.75) is 31.2 Å². The van der Waals surface area contributed by atoms with Gasteiger partial charge in [0.1, 0.15) is 11.6 Å². The second kappa shape index (κ2) is 6.34. The number of phenolic OH excluding ortho intramolecular Hbond substituents is 1. The lowest BCUT2D eigenvalue weighted by atomic mass is 10.1. The maximum atomic E-state index is 14.4. The molecule has 0 bridgehead atoms. The van der Waals surface area contributed by atoms with Crippen LogP contribution in [0.3, 0.4) is 0 Å². The molecule has 8 heteroatoms. The van der Waals surface area contributed by atoms with E-state index in [-0.39, 0.29) is 22.0 Å². The summed E-state index contributed by atoms with van der Waals surface area (Å²) in [5.74, 6) is -1.18. The van der Waals surface area contributed by atoms with E-state index < -0.39 is 27.8 Å². The molecule has 2 heterocycles. The van der Waals surface area contributed by atoms with Crippen LogP contribution in [0.4, 0.5) is 14.5 Å².